The normalized spacial score (nSPS) is 16.4. The van der Waals surface area contributed by atoms with Crippen LogP contribution in [0.5, 0.6) is 5.75 Å². The van der Waals surface area contributed by atoms with E-state index < -0.39 is 12.6 Å². The molecule has 6 nitrogen and oxygen atoms in total. The number of carbonyl (C=O) groups is 2. The second-order valence-electron chi connectivity index (χ2n) is 5.87. The highest BCUT2D eigenvalue weighted by atomic mass is 79.9. The molecule has 1 aliphatic heterocycles. The number of aliphatic carboxylic acids is 1. The van der Waals surface area contributed by atoms with E-state index >= 15 is 0 Å². The van der Waals surface area contributed by atoms with Crippen LogP contribution in [0.2, 0.25) is 0 Å². The summed E-state index contributed by atoms with van der Waals surface area (Å²) in [6, 6.07) is 13.0. The Morgan fingerprint density at radius 1 is 1.29 bits per heavy atom. The fraction of sp³-hybridized carbons (Fsp3) is 0.150. The highest BCUT2D eigenvalue weighted by Gasteiger charge is 2.23. The first-order valence-corrected chi connectivity index (χ1v) is 10.1. The summed E-state index contributed by atoms with van der Waals surface area (Å²) < 4.78 is 5.78. The van der Waals surface area contributed by atoms with Crippen LogP contribution in [0.3, 0.4) is 0 Å². The molecule has 0 unspecified atom stereocenters. The maximum Gasteiger partial charge on any atom is 0.341 e. The molecular formula is C20H17BrN2O4S. The average molecular weight is 461 g/mol. The van der Waals surface area contributed by atoms with E-state index in [1.165, 1.54) is 17.3 Å². The van der Waals surface area contributed by atoms with E-state index in [4.69, 9.17) is 9.84 Å². The number of carboxylic acids is 1. The molecule has 0 atom stereocenters. The molecular weight excluding hydrogens is 444 g/mol. The molecule has 0 saturated carbocycles. The van der Waals surface area contributed by atoms with Crippen LogP contribution < -0.4 is 10.1 Å². The number of amides is 1. The Morgan fingerprint density at radius 2 is 2.04 bits per heavy atom. The van der Waals surface area contributed by atoms with Crippen molar-refractivity contribution in [1.29, 1.82) is 0 Å². The van der Waals surface area contributed by atoms with Crippen molar-refractivity contribution < 1.29 is 19.4 Å². The fourth-order valence-electron chi connectivity index (χ4n) is 2.42. The van der Waals surface area contributed by atoms with Crippen molar-refractivity contribution in [2.24, 2.45) is 4.99 Å². The topological polar surface area (TPSA) is 88.0 Å². The van der Waals surface area contributed by atoms with Crippen LogP contribution in [0.1, 0.15) is 18.1 Å². The number of aliphatic imine (C=N–C) groups is 1. The van der Waals surface area contributed by atoms with Crippen molar-refractivity contribution in [2.45, 2.75) is 13.3 Å². The molecule has 2 aromatic carbocycles. The van der Waals surface area contributed by atoms with Crippen molar-refractivity contribution >= 4 is 56.5 Å². The number of thioether (sulfide) groups is 1. The number of amidine groups is 1. The number of carbonyl (C=O) groups excluding carboxylic acids is 1. The molecule has 0 radical (unpaired) electrons. The number of hydrogen-bond acceptors (Lipinski definition) is 5. The molecule has 1 fully saturated rings. The van der Waals surface area contributed by atoms with Gasteiger partial charge in [-0.2, -0.15) is 0 Å². The van der Waals surface area contributed by atoms with Gasteiger partial charge in [0.2, 0.25) is 0 Å². The van der Waals surface area contributed by atoms with Crippen LogP contribution in [-0.4, -0.2) is 28.8 Å². The van der Waals surface area contributed by atoms with Crippen molar-refractivity contribution in [3.63, 3.8) is 0 Å². The smallest absolute Gasteiger partial charge is 0.341 e. The molecule has 1 aliphatic rings. The minimum absolute atomic E-state index is 0.212. The van der Waals surface area contributed by atoms with Gasteiger partial charge in [-0.05, 0) is 75.6 Å². The lowest BCUT2D eigenvalue weighted by Gasteiger charge is -2.06. The van der Waals surface area contributed by atoms with Gasteiger partial charge < -0.3 is 15.2 Å². The van der Waals surface area contributed by atoms with Gasteiger partial charge in [0.25, 0.3) is 5.91 Å². The zero-order chi connectivity index (χ0) is 20.1. The molecule has 1 heterocycles. The molecule has 1 saturated heterocycles. The van der Waals surface area contributed by atoms with Crippen LogP contribution in [0.25, 0.3) is 6.08 Å². The number of nitrogens with zero attached hydrogens (tertiary/aromatic N) is 1. The third-order valence-corrected chi connectivity index (χ3v) is 5.36. The van der Waals surface area contributed by atoms with Gasteiger partial charge in [-0.25, -0.2) is 9.79 Å². The molecule has 0 aromatic heterocycles. The summed E-state index contributed by atoms with van der Waals surface area (Å²) in [7, 11) is 0. The lowest BCUT2D eigenvalue weighted by Crippen LogP contribution is -2.19. The largest absolute Gasteiger partial charge is 0.481 e. The first kappa shape index (κ1) is 20.2. The van der Waals surface area contributed by atoms with Gasteiger partial charge in [0.1, 0.15) is 5.75 Å². The van der Waals surface area contributed by atoms with E-state index in [-0.39, 0.29) is 5.91 Å². The number of aryl methyl sites for hydroxylation is 1. The summed E-state index contributed by atoms with van der Waals surface area (Å²) in [5.41, 5.74) is 2.79. The van der Waals surface area contributed by atoms with Crippen LogP contribution >= 0.6 is 27.7 Å². The molecule has 28 heavy (non-hydrogen) atoms. The summed E-state index contributed by atoms with van der Waals surface area (Å²) in [6.07, 6.45) is 2.71. The highest BCUT2D eigenvalue weighted by Crippen LogP contribution is 2.31. The van der Waals surface area contributed by atoms with Crippen molar-refractivity contribution in [3.05, 3.63) is 63.0 Å². The van der Waals surface area contributed by atoms with Crippen molar-refractivity contribution in [3.8, 4) is 5.75 Å². The van der Waals surface area contributed by atoms with Crippen molar-refractivity contribution in [2.75, 3.05) is 6.61 Å². The predicted molar refractivity (Wildman–Crippen MR) is 114 cm³/mol. The van der Waals surface area contributed by atoms with Gasteiger partial charge in [-0.3, -0.25) is 4.79 Å². The van der Waals surface area contributed by atoms with Gasteiger partial charge in [-0.15, -0.1) is 0 Å². The van der Waals surface area contributed by atoms with E-state index in [0.717, 1.165) is 17.7 Å². The highest BCUT2D eigenvalue weighted by molar-refractivity contribution is 9.10. The summed E-state index contributed by atoms with van der Waals surface area (Å²) in [4.78, 5) is 27.8. The van der Waals surface area contributed by atoms with Gasteiger partial charge in [0, 0.05) is 0 Å². The molecule has 144 valence electrons. The fourth-order valence-corrected chi connectivity index (χ4v) is 3.77. The van der Waals surface area contributed by atoms with Crippen LogP contribution in [0, 0.1) is 0 Å². The van der Waals surface area contributed by atoms with Gasteiger partial charge in [-0.1, -0.05) is 25.1 Å². The average Bonchev–Trinajstić information content (AvgIpc) is 3.00. The van der Waals surface area contributed by atoms with E-state index in [2.05, 4.69) is 33.2 Å². The summed E-state index contributed by atoms with van der Waals surface area (Å²) in [5, 5.41) is 12.0. The van der Waals surface area contributed by atoms with E-state index in [1.807, 2.05) is 24.3 Å². The van der Waals surface area contributed by atoms with Gasteiger partial charge >= 0.3 is 5.97 Å². The van der Waals surface area contributed by atoms with Gasteiger partial charge in [0.15, 0.2) is 11.8 Å². The first-order valence-electron chi connectivity index (χ1n) is 8.47. The minimum Gasteiger partial charge on any atom is -0.481 e. The maximum atomic E-state index is 12.2. The quantitative estimate of drug-likeness (QED) is 0.624. The molecule has 8 heteroatoms. The number of nitrogens with one attached hydrogen (secondary N) is 1. The third kappa shape index (κ3) is 5.24. The lowest BCUT2D eigenvalue weighted by atomic mass is 10.2. The SMILES string of the molecule is CCc1ccc(N=C2NC(=O)C(=Cc3ccc(OCC(=O)O)c(Br)c3)S2)cc1. The number of carboxylic acid groups (broad SMARTS) is 1. The standard InChI is InChI=1S/C20H17BrN2O4S/c1-2-12-3-6-14(7-4-12)22-20-23-19(26)17(28-20)10-13-5-8-16(15(21)9-13)27-11-18(24)25/h3-10H,2,11H2,1H3,(H,24,25)(H,22,23,26). The molecule has 0 aliphatic carbocycles. The molecule has 2 aromatic rings. The molecule has 0 bridgehead atoms. The number of rotatable bonds is 6. The lowest BCUT2D eigenvalue weighted by molar-refractivity contribution is -0.139. The maximum absolute atomic E-state index is 12.2. The number of ether oxygens (including phenoxy) is 1. The Kier molecular flexibility index (Phi) is 6.53. The van der Waals surface area contributed by atoms with Crippen LogP contribution in [0.4, 0.5) is 5.69 Å². The monoisotopic (exact) mass is 460 g/mol. The second-order valence-corrected chi connectivity index (χ2v) is 7.76. The molecule has 3 rings (SSSR count). The van der Waals surface area contributed by atoms with Crippen molar-refractivity contribution in [1.82, 2.24) is 5.32 Å². The van der Waals surface area contributed by atoms with E-state index in [1.54, 1.807) is 24.3 Å². The summed E-state index contributed by atoms with van der Waals surface area (Å²) in [6.45, 7) is 1.67. The second kappa shape index (κ2) is 9.07. The zero-order valence-electron chi connectivity index (χ0n) is 14.9. The molecule has 2 N–H and O–H groups in total. The van der Waals surface area contributed by atoms with Crippen LogP contribution in [0.15, 0.2) is 56.8 Å². The Labute approximate surface area is 174 Å². The van der Waals surface area contributed by atoms with Gasteiger partial charge in [0.05, 0.1) is 15.1 Å². The number of hydrogen-bond donors (Lipinski definition) is 2. The van der Waals surface area contributed by atoms with E-state index in [9.17, 15) is 9.59 Å². The Balaban J connectivity index is 1.73. The summed E-state index contributed by atoms with van der Waals surface area (Å²) in [5.74, 6) is -0.838. The Morgan fingerprint density at radius 3 is 2.68 bits per heavy atom. The van der Waals surface area contributed by atoms with E-state index in [0.29, 0.717) is 20.3 Å². The zero-order valence-corrected chi connectivity index (χ0v) is 17.3. The summed E-state index contributed by atoms with van der Waals surface area (Å²) >= 11 is 4.62. The first-order chi connectivity index (χ1) is 13.4. The predicted octanol–water partition coefficient (Wildman–Crippen LogP) is 4.37. The Bertz CT molecular complexity index is 971. The number of benzene rings is 2. The number of halogens is 1. The van der Waals surface area contributed by atoms with Crippen LogP contribution in [-0.2, 0) is 16.0 Å². The molecule has 1 amide bonds. The minimum atomic E-state index is -1.05. The Hall–Kier alpha value is -2.58. The molecule has 0 spiro atoms. The third-order valence-electron chi connectivity index (χ3n) is 3.83.